The largest absolute Gasteiger partial charge is 0.370 e. The van der Waals surface area contributed by atoms with Crippen molar-refractivity contribution in [3.05, 3.63) is 65.7 Å². The summed E-state index contributed by atoms with van der Waals surface area (Å²) in [5.41, 5.74) is 4.19. The van der Waals surface area contributed by atoms with E-state index in [4.69, 9.17) is 0 Å². The van der Waals surface area contributed by atoms with Gasteiger partial charge in [-0.3, -0.25) is 9.59 Å². The molecule has 1 unspecified atom stereocenters. The van der Waals surface area contributed by atoms with Gasteiger partial charge in [0.05, 0.1) is 6.54 Å². The second-order valence-corrected chi connectivity index (χ2v) is 8.21. The van der Waals surface area contributed by atoms with E-state index in [-0.39, 0.29) is 11.7 Å². The van der Waals surface area contributed by atoms with Crippen molar-refractivity contribution in [1.82, 2.24) is 5.32 Å². The van der Waals surface area contributed by atoms with E-state index in [1.54, 1.807) is 13.0 Å². The fourth-order valence-corrected chi connectivity index (χ4v) is 3.55. The van der Waals surface area contributed by atoms with E-state index in [2.05, 4.69) is 41.5 Å². The zero-order valence-corrected chi connectivity index (χ0v) is 18.0. The Morgan fingerprint density at radius 1 is 1.10 bits per heavy atom. The fourth-order valence-electron chi connectivity index (χ4n) is 3.55. The van der Waals surface area contributed by atoms with E-state index in [1.165, 1.54) is 5.56 Å². The molecule has 3 rings (SSSR count). The molecule has 0 radical (unpaired) electrons. The second kappa shape index (κ2) is 10.2. The first-order chi connectivity index (χ1) is 14.4. The smallest absolute Gasteiger partial charge is 0.248 e. The van der Waals surface area contributed by atoms with Gasteiger partial charge in [0.1, 0.15) is 5.78 Å². The first-order valence-electron chi connectivity index (χ1n) is 10.6. The molecule has 0 aliphatic carbocycles. The molecule has 30 heavy (non-hydrogen) atoms. The number of hydrogen-bond acceptors (Lipinski definition) is 4. The highest BCUT2D eigenvalue weighted by molar-refractivity contribution is 6.02. The standard InChI is InChI=1S/C25H31N3O2/c1-18(2)21-7-4-20(5-8-21)6-13-25(30)27-22-9-11-24(12-10-22)28-15-14-23(17-28)26-16-19(3)29/h4-13,18,23,26H,14-17H2,1-3H3,(H,27,30). The van der Waals surface area contributed by atoms with Gasteiger partial charge in [-0.15, -0.1) is 0 Å². The van der Waals surface area contributed by atoms with Crippen LogP contribution < -0.4 is 15.5 Å². The minimum atomic E-state index is -0.148. The quantitative estimate of drug-likeness (QED) is 0.646. The Morgan fingerprint density at radius 3 is 2.43 bits per heavy atom. The third-order valence-corrected chi connectivity index (χ3v) is 5.36. The van der Waals surface area contributed by atoms with Crippen LogP contribution in [-0.4, -0.2) is 37.4 Å². The topological polar surface area (TPSA) is 61.4 Å². The van der Waals surface area contributed by atoms with Crippen LogP contribution in [-0.2, 0) is 9.59 Å². The summed E-state index contributed by atoms with van der Waals surface area (Å²) in [5.74, 6) is 0.512. The monoisotopic (exact) mass is 405 g/mol. The molecule has 5 nitrogen and oxygen atoms in total. The molecule has 1 heterocycles. The van der Waals surface area contributed by atoms with Crippen molar-refractivity contribution < 1.29 is 9.59 Å². The highest BCUT2D eigenvalue weighted by Crippen LogP contribution is 2.22. The Hall–Kier alpha value is -2.92. The Kier molecular flexibility index (Phi) is 7.41. The maximum atomic E-state index is 12.2. The second-order valence-electron chi connectivity index (χ2n) is 8.21. The zero-order valence-electron chi connectivity index (χ0n) is 18.0. The molecule has 1 amide bonds. The Balaban J connectivity index is 1.50. The molecular weight excluding hydrogens is 374 g/mol. The van der Waals surface area contributed by atoms with Crippen molar-refractivity contribution in [1.29, 1.82) is 0 Å². The average molecular weight is 406 g/mol. The number of carbonyl (C=O) groups is 2. The Labute approximate surface area is 179 Å². The molecule has 5 heteroatoms. The van der Waals surface area contributed by atoms with Crippen molar-refractivity contribution in [2.45, 2.75) is 39.2 Å². The number of ketones is 1. The molecule has 158 valence electrons. The van der Waals surface area contributed by atoms with Crippen LogP contribution in [0.5, 0.6) is 0 Å². The molecule has 0 spiro atoms. The SMILES string of the molecule is CC(=O)CNC1CCN(c2ccc(NC(=O)C=Cc3ccc(C(C)C)cc3)cc2)C1. The van der Waals surface area contributed by atoms with Crippen LogP contribution in [0.25, 0.3) is 6.08 Å². The molecule has 2 N–H and O–H groups in total. The van der Waals surface area contributed by atoms with Crippen LogP contribution in [0.3, 0.4) is 0 Å². The number of nitrogens with zero attached hydrogens (tertiary/aromatic N) is 1. The molecule has 2 aromatic rings. The molecule has 2 aromatic carbocycles. The first kappa shape index (κ1) is 21.8. The number of anilines is 2. The Bertz CT molecular complexity index is 886. The number of carbonyl (C=O) groups excluding carboxylic acids is 2. The molecular formula is C25H31N3O2. The molecule has 0 bridgehead atoms. The first-order valence-corrected chi connectivity index (χ1v) is 10.6. The summed E-state index contributed by atoms with van der Waals surface area (Å²) in [7, 11) is 0. The van der Waals surface area contributed by atoms with Crippen LogP contribution in [0.15, 0.2) is 54.6 Å². The summed E-state index contributed by atoms with van der Waals surface area (Å²) >= 11 is 0. The number of amides is 1. The van der Waals surface area contributed by atoms with Gasteiger partial charge < -0.3 is 15.5 Å². The van der Waals surface area contributed by atoms with Gasteiger partial charge in [-0.2, -0.15) is 0 Å². The summed E-state index contributed by atoms with van der Waals surface area (Å²) in [6, 6.07) is 16.5. The van der Waals surface area contributed by atoms with E-state index in [1.807, 2.05) is 42.5 Å². The average Bonchev–Trinajstić information content (AvgIpc) is 3.21. The van der Waals surface area contributed by atoms with Gasteiger partial charge in [-0.1, -0.05) is 38.1 Å². The number of nitrogens with one attached hydrogen (secondary N) is 2. The van der Waals surface area contributed by atoms with E-state index < -0.39 is 0 Å². The van der Waals surface area contributed by atoms with Gasteiger partial charge in [0.15, 0.2) is 0 Å². The third-order valence-electron chi connectivity index (χ3n) is 5.36. The van der Waals surface area contributed by atoms with Gasteiger partial charge in [0.2, 0.25) is 5.91 Å². The minimum absolute atomic E-state index is 0.148. The molecule has 1 atom stereocenters. The summed E-state index contributed by atoms with van der Waals surface area (Å²) in [6.07, 6.45) is 4.41. The van der Waals surface area contributed by atoms with Crippen LogP contribution in [0.2, 0.25) is 0 Å². The summed E-state index contributed by atoms with van der Waals surface area (Å²) in [4.78, 5) is 25.7. The van der Waals surface area contributed by atoms with Crippen molar-refractivity contribution in [2.24, 2.45) is 0 Å². The summed E-state index contributed by atoms with van der Waals surface area (Å²) in [5, 5.41) is 6.21. The minimum Gasteiger partial charge on any atom is -0.370 e. The Morgan fingerprint density at radius 2 is 1.80 bits per heavy atom. The lowest BCUT2D eigenvalue weighted by Gasteiger charge is -2.19. The lowest BCUT2D eigenvalue weighted by molar-refractivity contribution is -0.116. The molecule has 1 fully saturated rings. The predicted octanol–water partition coefficient (Wildman–Crippen LogP) is 4.22. The summed E-state index contributed by atoms with van der Waals surface area (Å²) < 4.78 is 0. The molecule has 1 aliphatic rings. The number of Topliss-reactive ketones (excluding diaryl/α,β-unsaturated/α-hetero) is 1. The number of benzene rings is 2. The van der Waals surface area contributed by atoms with Gasteiger partial charge in [0.25, 0.3) is 0 Å². The van der Waals surface area contributed by atoms with E-state index in [0.717, 1.165) is 36.4 Å². The molecule has 1 saturated heterocycles. The van der Waals surface area contributed by atoms with Gasteiger partial charge >= 0.3 is 0 Å². The predicted molar refractivity (Wildman–Crippen MR) is 124 cm³/mol. The summed E-state index contributed by atoms with van der Waals surface area (Å²) in [6.45, 7) is 8.20. The lowest BCUT2D eigenvalue weighted by Crippen LogP contribution is -2.35. The van der Waals surface area contributed by atoms with Crippen LogP contribution in [0.4, 0.5) is 11.4 Å². The third kappa shape index (κ3) is 6.29. The number of hydrogen-bond donors (Lipinski definition) is 2. The van der Waals surface area contributed by atoms with Gasteiger partial charge in [-0.25, -0.2) is 0 Å². The maximum absolute atomic E-state index is 12.2. The lowest BCUT2D eigenvalue weighted by atomic mass is 10.0. The van der Waals surface area contributed by atoms with Crippen LogP contribution >= 0.6 is 0 Å². The molecule has 0 saturated carbocycles. The fraction of sp³-hybridized carbons (Fsp3) is 0.360. The molecule has 1 aliphatic heterocycles. The van der Waals surface area contributed by atoms with E-state index >= 15 is 0 Å². The van der Waals surface area contributed by atoms with Crippen LogP contribution in [0, 0.1) is 0 Å². The zero-order chi connectivity index (χ0) is 21.5. The van der Waals surface area contributed by atoms with E-state index in [9.17, 15) is 9.59 Å². The van der Waals surface area contributed by atoms with Crippen molar-refractivity contribution in [3.8, 4) is 0 Å². The maximum Gasteiger partial charge on any atom is 0.248 e. The van der Waals surface area contributed by atoms with Crippen molar-refractivity contribution in [2.75, 3.05) is 29.9 Å². The number of rotatable bonds is 8. The van der Waals surface area contributed by atoms with Crippen LogP contribution in [0.1, 0.15) is 44.2 Å². The van der Waals surface area contributed by atoms with E-state index in [0.29, 0.717) is 18.5 Å². The van der Waals surface area contributed by atoms with Gasteiger partial charge in [-0.05, 0) is 60.7 Å². The highest BCUT2D eigenvalue weighted by atomic mass is 16.1. The highest BCUT2D eigenvalue weighted by Gasteiger charge is 2.22. The van der Waals surface area contributed by atoms with Crippen molar-refractivity contribution >= 4 is 29.1 Å². The molecule has 0 aromatic heterocycles. The van der Waals surface area contributed by atoms with Crippen molar-refractivity contribution in [3.63, 3.8) is 0 Å². The van der Waals surface area contributed by atoms with Gasteiger partial charge in [0, 0.05) is 36.6 Å². The normalized spacial score (nSPS) is 16.4.